The Morgan fingerprint density at radius 3 is 2.25 bits per heavy atom. The highest BCUT2D eigenvalue weighted by molar-refractivity contribution is 5.92. The average Bonchev–Trinajstić information content (AvgIpc) is 2.41. The van der Waals surface area contributed by atoms with Crippen LogP contribution in [0, 0.1) is 12.8 Å². The molecule has 0 saturated heterocycles. The standard InChI is InChI=1S/C15H22N2O3/c1-5-17(13-8-6-11(2)7-9-13)15(20)16(4)10-12(3)14(18)19/h6-9,12H,5,10H2,1-4H3,(H,18,19). The van der Waals surface area contributed by atoms with E-state index in [1.165, 1.54) is 4.90 Å². The number of hydrogen-bond donors (Lipinski definition) is 1. The third-order valence-electron chi connectivity index (χ3n) is 3.19. The molecule has 1 atom stereocenters. The zero-order valence-corrected chi connectivity index (χ0v) is 12.5. The Bertz CT molecular complexity index is 471. The first-order chi connectivity index (χ1) is 9.36. The van der Waals surface area contributed by atoms with E-state index in [4.69, 9.17) is 5.11 Å². The summed E-state index contributed by atoms with van der Waals surface area (Å²) in [4.78, 5) is 26.3. The Morgan fingerprint density at radius 2 is 1.80 bits per heavy atom. The molecule has 110 valence electrons. The monoisotopic (exact) mass is 278 g/mol. The first-order valence-electron chi connectivity index (χ1n) is 6.69. The number of aryl methyl sites for hydroxylation is 1. The molecule has 0 aliphatic rings. The van der Waals surface area contributed by atoms with Gasteiger partial charge in [0.25, 0.3) is 0 Å². The highest BCUT2D eigenvalue weighted by Crippen LogP contribution is 2.16. The molecule has 0 aromatic heterocycles. The van der Waals surface area contributed by atoms with Gasteiger partial charge in [0.1, 0.15) is 0 Å². The molecule has 1 rings (SSSR count). The number of anilines is 1. The molecule has 0 aliphatic heterocycles. The van der Waals surface area contributed by atoms with Gasteiger partial charge < -0.3 is 10.0 Å². The second-order valence-electron chi connectivity index (χ2n) is 4.98. The van der Waals surface area contributed by atoms with Crippen molar-refractivity contribution in [1.29, 1.82) is 0 Å². The lowest BCUT2D eigenvalue weighted by Crippen LogP contribution is -2.43. The summed E-state index contributed by atoms with van der Waals surface area (Å²) >= 11 is 0. The lowest BCUT2D eigenvalue weighted by atomic mass is 10.2. The zero-order valence-electron chi connectivity index (χ0n) is 12.5. The molecule has 0 saturated carbocycles. The smallest absolute Gasteiger partial charge is 0.324 e. The van der Waals surface area contributed by atoms with Crippen LogP contribution in [-0.4, -0.2) is 42.1 Å². The molecule has 0 heterocycles. The third-order valence-corrected chi connectivity index (χ3v) is 3.19. The normalized spacial score (nSPS) is 11.8. The minimum absolute atomic E-state index is 0.190. The second-order valence-corrected chi connectivity index (χ2v) is 4.98. The van der Waals surface area contributed by atoms with Gasteiger partial charge in [0.05, 0.1) is 5.92 Å². The van der Waals surface area contributed by atoms with Crippen molar-refractivity contribution in [3.63, 3.8) is 0 Å². The molecular formula is C15H22N2O3. The first kappa shape index (κ1) is 16.0. The maximum Gasteiger partial charge on any atom is 0.324 e. The van der Waals surface area contributed by atoms with Gasteiger partial charge in [0.2, 0.25) is 0 Å². The molecule has 1 unspecified atom stereocenters. The maximum absolute atomic E-state index is 12.4. The lowest BCUT2D eigenvalue weighted by Gasteiger charge is -2.28. The number of benzene rings is 1. The zero-order chi connectivity index (χ0) is 15.3. The van der Waals surface area contributed by atoms with Crippen LogP contribution in [0.1, 0.15) is 19.4 Å². The van der Waals surface area contributed by atoms with Gasteiger partial charge in [-0.1, -0.05) is 24.6 Å². The molecule has 0 fully saturated rings. The fourth-order valence-corrected chi connectivity index (χ4v) is 1.93. The Kier molecular flexibility index (Phi) is 5.55. The highest BCUT2D eigenvalue weighted by Gasteiger charge is 2.22. The minimum Gasteiger partial charge on any atom is -0.481 e. The van der Waals surface area contributed by atoms with Gasteiger partial charge in [0.15, 0.2) is 0 Å². The van der Waals surface area contributed by atoms with Crippen LogP contribution in [-0.2, 0) is 4.79 Å². The number of rotatable bonds is 5. The van der Waals surface area contributed by atoms with E-state index in [-0.39, 0.29) is 12.6 Å². The SMILES string of the molecule is CCN(C(=O)N(C)CC(C)C(=O)O)c1ccc(C)cc1. The van der Waals surface area contributed by atoms with Gasteiger partial charge in [-0.25, -0.2) is 4.79 Å². The summed E-state index contributed by atoms with van der Waals surface area (Å²) in [6.07, 6.45) is 0. The van der Waals surface area contributed by atoms with Gasteiger partial charge in [-0.15, -0.1) is 0 Å². The Hall–Kier alpha value is -2.04. The minimum atomic E-state index is -0.900. The number of carbonyl (C=O) groups excluding carboxylic acids is 1. The van der Waals surface area contributed by atoms with Crippen molar-refractivity contribution in [3.05, 3.63) is 29.8 Å². The fourth-order valence-electron chi connectivity index (χ4n) is 1.93. The topological polar surface area (TPSA) is 60.9 Å². The van der Waals surface area contributed by atoms with E-state index in [0.29, 0.717) is 6.54 Å². The molecule has 0 radical (unpaired) electrons. The summed E-state index contributed by atoms with van der Waals surface area (Å²) in [6.45, 7) is 6.20. The van der Waals surface area contributed by atoms with Crippen molar-refractivity contribution in [2.24, 2.45) is 5.92 Å². The van der Waals surface area contributed by atoms with E-state index < -0.39 is 11.9 Å². The van der Waals surface area contributed by atoms with E-state index in [1.54, 1.807) is 18.9 Å². The number of urea groups is 1. The van der Waals surface area contributed by atoms with Crippen molar-refractivity contribution in [2.75, 3.05) is 25.0 Å². The molecule has 1 aromatic carbocycles. The highest BCUT2D eigenvalue weighted by atomic mass is 16.4. The summed E-state index contributed by atoms with van der Waals surface area (Å²) in [5.41, 5.74) is 1.95. The Labute approximate surface area is 119 Å². The Morgan fingerprint density at radius 1 is 1.25 bits per heavy atom. The molecular weight excluding hydrogens is 256 g/mol. The van der Waals surface area contributed by atoms with Crippen LogP contribution in [0.25, 0.3) is 0 Å². The van der Waals surface area contributed by atoms with Crippen LogP contribution >= 0.6 is 0 Å². The summed E-state index contributed by atoms with van der Waals surface area (Å²) in [5.74, 6) is -1.48. The summed E-state index contributed by atoms with van der Waals surface area (Å²) in [5, 5.41) is 8.90. The van der Waals surface area contributed by atoms with Gasteiger partial charge in [0, 0.05) is 25.8 Å². The van der Waals surface area contributed by atoms with E-state index in [1.807, 2.05) is 38.1 Å². The number of aliphatic carboxylic acids is 1. The maximum atomic E-state index is 12.4. The summed E-state index contributed by atoms with van der Waals surface area (Å²) in [6, 6.07) is 7.50. The summed E-state index contributed by atoms with van der Waals surface area (Å²) in [7, 11) is 1.62. The first-order valence-corrected chi connectivity index (χ1v) is 6.69. The summed E-state index contributed by atoms with van der Waals surface area (Å²) < 4.78 is 0. The Balaban J connectivity index is 2.81. The predicted molar refractivity (Wildman–Crippen MR) is 79.0 cm³/mol. The third kappa shape index (κ3) is 3.98. The van der Waals surface area contributed by atoms with Crippen LogP contribution in [0.5, 0.6) is 0 Å². The number of amides is 2. The van der Waals surface area contributed by atoms with E-state index in [2.05, 4.69) is 0 Å². The number of hydrogen-bond acceptors (Lipinski definition) is 2. The van der Waals surface area contributed by atoms with Crippen LogP contribution in [0.2, 0.25) is 0 Å². The quantitative estimate of drug-likeness (QED) is 0.900. The van der Waals surface area contributed by atoms with Gasteiger partial charge in [-0.2, -0.15) is 0 Å². The largest absolute Gasteiger partial charge is 0.481 e. The van der Waals surface area contributed by atoms with Crippen molar-refractivity contribution >= 4 is 17.7 Å². The number of carboxylic acid groups (broad SMARTS) is 1. The number of nitrogens with zero attached hydrogens (tertiary/aromatic N) is 2. The van der Waals surface area contributed by atoms with Gasteiger partial charge >= 0.3 is 12.0 Å². The van der Waals surface area contributed by atoms with Crippen LogP contribution < -0.4 is 4.90 Å². The average molecular weight is 278 g/mol. The van der Waals surface area contributed by atoms with Gasteiger partial charge in [-0.3, -0.25) is 9.69 Å². The van der Waals surface area contributed by atoms with Crippen LogP contribution in [0.4, 0.5) is 10.5 Å². The molecule has 20 heavy (non-hydrogen) atoms. The lowest BCUT2D eigenvalue weighted by molar-refractivity contribution is -0.141. The van der Waals surface area contributed by atoms with Crippen LogP contribution in [0.15, 0.2) is 24.3 Å². The van der Waals surface area contributed by atoms with Crippen molar-refractivity contribution in [1.82, 2.24) is 4.90 Å². The number of carboxylic acids is 1. The molecule has 5 nitrogen and oxygen atoms in total. The molecule has 0 aliphatic carbocycles. The van der Waals surface area contributed by atoms with Crippen LogP contribution in [0.3, 0.4) is 0 Å². The predicted octanol–water partition coefficient (Wildman–Crippen LogP) is 2.59. The van der Waals surface area contributed by atoms with Crippen molar-refractivity contribution in [3.8, 4) is 0 Å². The molecule has 1 aromatic rings. The fraction of sp³-hybridized carbons (Fsp3) is 0.467. The molecule has 2 amide bonds. The van der Waals surface area contributed by atoms with Gasteiger partial charge in [-0.05, 0) is 26.0 Å². The van der Waals surface area contributed by atoms with E-state index in [9.17, 15) is 9.59 Å². The molecule has 5 heteroatoms. The molecule has 1 N–H and O–H groups in total. The van der Waals surface area contributed by atoms with E-state index >= 15 is 0 Å². The van der Waals surface area contributed by atoms with E-state index in [0.717, 1.165) is 11.3 Å². The number of carbonyl (C=O) groups is 2. The van der Waals surface area contributed by atoms with Crippen molar-refractivity contribution < 1.29 is 14.7 Å². The molecule has 0 bridgehead atoms. The van der Waals surface area contributed by atoms with Crippen molar-refractivity contribution in [2.45, 2.75) is 20.8 Å². The molecule has 0 spiro atoms. The second kappa shape index (κ2) is 6.93.